The monoisotopic (exact) mass is 556 g/mol. The molecule has 1 aliphatic rings. The van der Waals surface area contributed by atoms with Crippen LogP contribution in [0.4, 0.5) is 4.79 Å². The van der Waals surface area contributed by atoms with Crippen LogP contribution in [0.5, 0.6) is 5.75 Å². The van der Waals surface area contributed by atoms with Gasteiger partial charge < -0.3 is 30.7 Å². The van der Waals surface area contributed by atoms with E-state index in [-0.39, 0.29) is 30.2 Å². The number of alkyl carbamates (subject to hydrolysis) is 1. The van der Waals surface area contributed by atoms with E-state index in [9.17, 15) is 23.1 Å². The lowest BCUT2D eigenvalue weighted by atomic mass is 9.94. The van der Waals surface area contributed by atoms with Crippen LogP contribution in [0.25, 0.3) is 0 Å². The number of carbonyl (C=O) groups is 2. The van der Waals surface area contributed by atoms with Crippen molar-refractivity contribution in [3.8, 4) is 5.75 Å². The Morgan fingerprint density at radius 1 is 1.18 bits per heavy atom. The number of carbonyl (C=O) groups excluding carboxylic acids is 1. The number of carboxylic acid groups (broad SMARTS) is 1. The van der Waals surface area contributed by atoms with Crippen molar-refractivity contribution in [1.29, 1.82) is 0 Å². The maximum atomic E-state index is 13.3. The standard InChI is InChI=1S/C25H40N4O8S/c1-13-14(2)20(15(3)16-12-25(7,8)36-19(13)16)38(34,35)29-22(26)27-11-9-10-17(18(30)21(31)32)28-23(33)37-24(4,5)6/h17-18,30H,9-12H2,1-8H3,(H,28,33)(H,31,32)(H3,26,27,29)/t17-,18?/m0/s1. The number of ether oxygens (including phenoxy) is 2. The molecule has 214 valence electrons. The zero-order valence-corrected chi connectivity index (χ0v) is 24.1. The van der Waals surface area contributed by atoms with Gasteiger partial charge in [-0.25, -0.2) is 22.7 Å². The third-order valence-corrected chi connectivity index (χ3v) is 7.72. The quantitative estimate of drug-likeness (QED) is 0.172. The average Bonchev–Trinajstić information content (AvgIpc) is 3.07. The lowest BCUT2D eigenvalue weighted by Gasteiger charge is -2.25. The summed E-state index contributed by atoms with van der Waals surface area (Å²) in [5.41, 5.74) is 7.35. The summed E-state index contributed by atoms with van der Waals surface area (Å²) in [6.45, 7) is 14.1. The topological polar surface area (TPSA) is 190 Å². The second-order valence-electron chi connectivity index (χ2n) is 11.1. The number of carboxylic acids is 1. The number of benzene rings is 1. The van der Waals surface area contributed by atoms with Crippen LogP contribution in [-0.2, 0) is 26.0 Å². The number of sulfonamides is 1. The van der Waals surface area contributed by atoms with Crippen LogP contribution >= 0.6 is 0 Å². The average molecular weight is 557 g/mol. The van der Waals surface area contributed by atoms with Crippen molar-refractivity contribution < 1.29 is 37.7 Å². The van der Waals surface area contributed by atoms with E-state index < -0.39 is 45.4 Å². The van der Waals surface area contributed by atoms with Gasteiger partial charge in [0.25, 0.3) is 10.0 Å². The van der Waals surface area contributed by atoms with Crippen LogP contribution in [-0.4, -0.2) is 66.5 Å². The molecule has 1 heterocycles. The van der Waals surface area contributed by atoms with Crippen molar-refractivity contribution in [2.24, 2.45) is 10.7 Å². The number of hydrogen-bond acceptors (Lipinski definition) is 8. The first kappa shape index (κ1) is 31.2. The first-order valence-corrected chi connectivity index (χ1v) is 13.8. The van der Waals surface area contributed by atoms with E-state index >= 15 is 0 Å². The van der Waals surface area contributed by atoms with Gasteiger partial charge >= 0.3 is 12.1 Å². The molecule has 0 bridgehead atoms. The van der Waals surface area contributed by atoms with Crippen molar-refractivity contribution in [2.45, 2.75) is 103 Å². The second-order valence-corrected chi connectivity index (χ2v) is 12.7. The molecule has 0 aliphatic carbocycles. The summed E-state index contributed by atoms with van der Waals surface area (Å²) in [5.74, 6) is -1.14. The van der Waals surface area contributed by atoms with Gasteiger partial charge in [-0.05, 0) is 84.9 Å². The minimum absolute atomic E-state index is 0.0103. The van der Waals surface area contributed by atoms with E-state index in [1.807, 2.05) is 20.8 Å². The molecule has 0 aromatic heterocycles. The fraction of sp³-hybridized carbons (Fsp3) is 0.640. The second kappa shape index (κ2) is 11.4. The van der Waals surface area contributed by atoms with E-state index in [0.29, 0.717) is 23.3 Å². The van der Waals surface area contributed by atoms with E-state index in [1.165, 1.54) is 0 Å². The Balaban J connectivity index is 2.11. The molecule has 1 aromatic rings. The molecule has 0 radical (unpaired) electrons. The van der Waals surface area contributed by atoms with E-state index in [1.54, 1.807) is 34.6 Å². The third kappa shape index (κ3) is 7.73. The first-order valence-electron chi connectivity index (χ1n) is 12.3. The minimum atomic E-state index is -4.07. The molecule has 1 unspecified atom stereocenters. The summed E-state index contributed by atoms with van der Waals surface area (Å²) >= 11 is 0. The highest BCUT2D eigenvalue weighted by Gasteiger charge is 2.36. The highest BCUT2D eigenvalue weighted by molar-refractivity contribution is 7.90. The van der Waals surface area contributed by atoms with Crippen molar-refractivity contribution in [3.05, 3.63) is 22.3 Å². The largest absolute Gasteiger partial charge is 0.487 e. The highest BCUT2D eigenvalue weighted by Crippen LogP contribution is 2.43. The molecule has 1 aromatic carbocycles. The molecule has 1 aliphatic heterocycles. The number of nitrogens with one attached hydrogen (secondary N) is 2. The molecule has 0 fully saturated rings. The molecule has 2 atom stereocenters. The molecule has 38 heavy (non-hydrogen) atoms. The van der Waals surface area contributed by atoms with E-state index in [4.69, 9.17) is 20.3 Å². The fourth-order valence-electron chi connectivity index (χ4n) is 4.32. The van der Waals surface area contributed by atoms with Gasteiger partial charge in [-0.15, -0.1) is 0 Å². The van der Waals surface area contributed by atoms with Crippen LogP contribution in [0.3, 0.4) is 0 Å². The Kier molecular flexibility index (Phi) is 9.31. The van der Waals surface area contributed by atoms with Crippen LogP contribution in [0.15, 0.2) is 9.89 Å². The number of guanidine groups is 1. The molecule has 0 saturated carbocycles. The third-order valence-electron chi connectivity index (χ3n) is 6.09. The number of amides is 1. The van der Waals surface area contributed by atoms with Gasteiger partial charge in [-0.3, -0.25) is 4.99 Å². The Morgan fingerprint density at radius 3 is 2.34 bits per heavy atom. The molecular formula is C25H40N4O8S. The Bertz CT molecular complexity index is 1220. The van der Waals surface area contributed by atoms with Crippen molar-refractivity contribution in [3.63, 3.8) is 0 Å². The smallest absolute Gasteiger partial charge is 0.407 e. The Labute approximate surface area is 224 Å². The number of nitrogens with two attached hydrogens (primary N) is 1. The van der Waals surface area contributed by atoms with Gasteiger partial charge in [0.15, 0.2) is 6.10 Å². The van der Waals surface area contributed by atoms with Crippen molar-refractivity contribution >= 4 is 28.0 Å². The summed E-state index contributed by atoms with van der Waals surface area (Å²) in [6.07, 6.45) is -1.96. The van der Waals surface area contributed by atoms with E-state index in [2.05, 4.69) is 15.0 Å². The number of aliphatic hydroxyl groups excluding tert-OH is 1. The SMILES string of the molecule is Cc1c(C)c(S(=O)(=O)NC(N)=NCCC[C@H](NC(=O)OC(C)(C)C)C(O)C(=O)O)c(C)c2c1OC(C)(C)C2. The zero-order chi connectivity index (χ0) is 29.2. The predicted molar refractivity (Wildman–Crippen MR) is 142 cm³/mol. The number of rotatable bonds is 9. The molecule has 13 heteroatoms. The normalized spacial score (nSPS) is 16.7. The summed E-state index contributed by atoms with van der Waals surface area (Å²) in [4.78, 5) is 27.5. The van der Waals surface area contributed by atoms with Crippen molar-refractivity contribution in [1.82, 2.24) is 10.0 Å². The lowest BCUT2D eigenvalue weighted by Crippen LogP contribution is -2.48. The number of nitrogens with zero attached hydrogens (tertiary/aromatic N) is 1. The summed E-state index contributed by atoms with van der Waals surface area (Å²) < 4.78 is 40.0. The Morgan fingerprint density at radius 2 is 1.79 bits per heavy atom. The number of aliphatic carboxylic acids is 1. The van der Waals surface area contributed by atoms with Crippen molar-refractivity contribution in [2.75, 3.05) is 6.54 Å². The maximum absolute atomic E-state index is 13.3. The van der Waals surface area contributed by atoms with Gasteiger partial charge in [-0.1, -0.05) is 0 Å². The first-order chi connectivity index (χ1) is 17.3. The van der Waals surface area contributed by atoms with Gasteiger partial charge in [0.2, 0.25) is 5.96 Å². The summed E-state index contributed by atoms with van der Waals surface area (Å²) in [6, 6.07) is -1.15. The van der Waals surface area contributed by atoms with Gasteiger partial charge in [-0.2, -0.15) is 0 Å². The molecule has 2 rings (SSSR count). The zero-order valence-electron chi connectivity index (χ0n) is 23.3. The summed E-state index contributed by atoms with van der Waals surface area (Å²) in [5, 5.41) is 21.5. The van der Waals surface area contributed by atoms with Crippen LogP contribution in [0.2, 0.25) is 0 Å². The van der Waals surface area contributed by atoms with E-state index in [0.717, 1.165) is 11.1 Å². The Hall–Kier alpha value is -3.06. The van der Waals surface area contributed by atoms with Crippen LogP contribution < -0.4 is 20.5 Å². The van der Waals surface area contributed by atoms with Gasteiger partial charge in [0.1, 0.15) is 17.0 Å². The number of aliphatic hydroxyl groups is 1. The number of aliphatic imine (C=N–C) groups is 1. The molecule has 0 spiro atoms. The van der Waals surface area contributed by atoms with Gasteiger partial charge in [0, 0.05) is 18.5 Å². The molecule has 6 N–H and O–H groups in total. The molecular weight excluding hydrogens is 516 g/mol. The molecule has 0 saturated heterocycles. The maximum Gasteiger partial charge on any atom is 0.407 e. The number of hydrogen-bond donors (Lipinski definition) is 5. The molecule has 1 amide bonds. The molecule has 12 nitrogen and oxygen atoms in total. The fourth-order valence-corrected chi connectivity index (χ4v) is 5.84. The van der Waals surface area contributed by atoms with Crippen LogP contribution in [0, 0.1) is 20.8 Å². The predicted octanol–water partition coefficient (Wildman–Crippen LogP) is 2.04. The minimum Gasteiger partial charge on any atom is -0.487 e. The highest BCUT2D eigenvalue weighted by atomic mass is 32.2. The summed E-state index contributed by atoms with van der Waals surface area (Å²) in [7, 11) is -4.07. The lowest BCUT2D eigenvalue weighted by molar-refractivity contribution is -0.148. The number of fused-ring (bicyclic) bond motifs is 1. The van der Waals surface area contributed by atoms with Crippen LogP contribution in [0.1, 0.15) is 69.7 Å². The van der Waals surface area contributed by atoms with Gasteiger partial charge in [0.05, 0.1) is 10.9 Å².